The second-order valence-corrected chi connectivity index (χ2v) is 6.09. The van der Waals surface area contributed by atoms with Crippen LogP contribution in [0.4, 0.5) is 4.79 Å². The molecule has 1 rings (SSSR count). The second-order valence-electron chi connectivity index (χ2n) is 6.09. The molecule has 23 heavy (non-hydrogen) atoms. The first-order valence-corrected chi connectivity index (χ1v) is 8.07. The van der Waals surface area contributed by atoms with E-state index in [4.69, 9.17) is 9.47 Å². The smallest absolute Gasteiger partial charge is 0.408 e. The van der Waals surface area contributed by atoms with E-state index in [1.165, 1.54) is 0 Å². The third-order valence-electron chi connectivity index (χ3n) is 3.51. The summed E-state index contributed by atoms with van der Waals surface area (Å²) in [4.78, 5) is 24.1. The van der Waals surface area contributed by atoms with Crippen LogP contribution in [0.1, 0.15) is 39.7 Å². The van der Waals surface area contributed by atoms with Crippen LogP contribution in [0, 0.1) is 11.8 Å². The minimum Gasteiger partial charge on any atom is -0.464 e. The van der Waals surface area contributed by atoms with Crippen LogP contribution >= 0.6 is 0 Å². The molecule has 0 aliphatic carbocycles. The normalized spacial score (nSPS) is 13.3. The number of ether oxygens (including phenoxy) is 2. The molecule has 0 spiro atoms. The molecule has 0 saturated heterocycles. The van der Waals surface area contributed by atoms with E-state index >= 15 is 0 Å². The molecule has 128 valence electrons. The largest absolute Gasteiger partial charge is 0.464 e. The minimum atomic E-state index is -0.693. The maximum Gasteiger partial charge on any atom is 0.408 e. The highest BCUT2D eigenvalue weighted by Gasteiger charge is 2.28. The van der Waals surface area contributed by atoms with Crippen molar-refractivity contribution in [3.8, 4) is 0 Å². The monoisotopic (exact) mass is 321 g/mol. The number of carbonyl (C=O) groups is 2. The Morgan fingerprint density at radius 1 is 1.09 bits per heavy atom. The van der Waals surface area contributed by atoms with E-state index in [-0.39, 0.29) is 18.4 Å². The fourth-order valence-corrected chi connectivity index (χ4v) is 1.90. The summed E-state index contributed by atoms with van der Waals surface area (Å²) >= 11 is 0. The molecule has 0 aliphatic heterocycles. The van der Waals surface area contributed by atoms with E-state index in [0.717, 1.165) is 12.0 Å². The number of hydrogen-bond acceptors (Lipinski definition) is 4. The number of amides is 1. The molecule has 1 N–H and O–H groups in total. The van der Waals surface area contributed by atoms with Crippen LogP contribution in [-0.4, -0.2) is 24.7 Å². The van der Waals surface area contributed by atoms with Gasteiger partial charge in [0.25, 0.3) is 0 Å². The number of benzene rings is 1. The lowest BCUT2D eigenvalue weighted by molar-refractivity contribution is -0.148. The Morgan fingerprint density at radius 2 is 1.74 bits per heavy atom. The van der Waals surface area contributed by atoms with Crippen molar-refractivity contribution >= 4 is 12.1 Å². The zero-order valence-electron chi connectivity index (χ0n) is 14.4. The summed E-state index contributed by atoms with van der Waals surface area (Å²) in [5.41, 5.74) is 0.894. The lowest BCUT2D eigenvalue weighted by atomic mass is 9.99. The average molecular weight is 321 g/mol. The van der Waals surface area contributed by atoms with Gasteiger partial charge in [-0.2, -0.15) is 0 Å². The van der Waals surface area contributed by atoms with Gasteiger partial charge in [-0.3, -0.25) is 0 Å². The molecule has 0 fully saturated rings. The summed E-state index contributed by atoms with van der Waals surface area (Å²) in [7, 11) is 0. The van der Waals surface area contributed by atoms with Gasteiger partial charge >= 0.3 is 12.1 Å². The summed E-state index contributed by atoms with van der Waals surface area (Å²) in [6, 6.07) is 8.70. The van der Waals surface area contributed by atoms with Crippen molar-refractivity contribution < 1.29 is 19.1 Å². The molecule has 0 radical (unpaired) electrons. The van der Waals surface area contributed by atoms with E-state index in [1.807, 2.05) is 58.0 Å². The Bertz CT molecular complexity index is 487. The van der Waals surface area contributed by atoms with Crippen LogP contribution in [-0.2, 0) is 20.9 Å². The number of hydrogen-bond donors (Lipinski definition) is 1. The Kier molecular flexibility index (Phi) is 8.16. The first-order valence-electron chi connectivity index (χ1n) is 8.07. The molecule has 0 heterocycles. The predicted octanol–water partition coefficient (Wildman–Crippen LogP) is 3.53. The zero-order chi connectivity index (χ0) is 17.2. The molecular formula is C18H27NO4. The molecule has 1 aromatic carbocycles. The van der Waals surface area contributed by atoms with Gasteiger partial charge in [-0.1, -0.05) is 64.4 Å². The molecule has 0 saturated carbocycles. The minimum absolute atomic E-state index is 0.0288. The lowest BCUT2D eigenvalue weighted by Crippen LogP contribution is -2.46. The predicted molar refractivity (Wildman–Crippen MR) is 88.8 cm³/mol. The van der Waals surface area contributed by atoms with Gasteiger partial charge in [0, 0.05) is 0 Å². The molecule has 5 nitrogen and oxygen atoms in total. The third-order valence-corrected chi connectivity index (χ3v) is 3.51. The summed E-state index contributed by atoms with van der Waals surface area (Å²) < 4.78 is 10.4. The Labute approximate surface area is 138 Å². The van der Waals surface area contributed by atoms with Crippen LogP contribution < -0.4 is 5.32 Å². The van der Waals surface area contributed by atoms with Crippen LogP contribution in [0.15, 0.2) is 30.3 Å². The SMILES string of the molecule is CCC(C)C(NC(=O)OCc1ccccc1)C(=O)OCC(C)C. The molecule has 0 aromatic heterocycles. The highest BCUT2D eigenvalue weighted by Crippen LogP contribution is 2.11. The summed E-state index contributed by atoms with van der Waals surface area (Å²) in [6.45, 7) is 8.30. The summed E-state index contributed by atoms with van der Waals surface area (Å²) in [5, 5.41) is 2.63. The standard InChI is InChI=1S/C18H27NO4/c1-5-14(4)16(17(20)22-11-13(2)3)19-18(21)23-12-15-9-7-6-8-10-15/h6-10,13-14,16H,5,11-12H2,1-4H3,(H,19,21). The van der Waals surface area contributed by atoms with Crippen LogP contribution in [0.3, 0.4) is 0 Å². The van der Waals surface area contributed by atoms with Crippen molar-refractivity contribution in [1.29, 1.82) is 0 Å². The topological polar surface area (TPSA) is 64.6 Å². The van der Waals surface area contributed by atoms with Crippen molar-refractivity contribution in [2.24, 2.45) is 11.8 Å². The Balaban J connectivity index is 2.55. The quantitative estimate of drug-likeness (QED) is 0.744. The van der Waals surface area contributed by atoms with Crippen LogP contribution in [0.2, 0.25) is 0 Å². The van der Waals surface area contributed by atoms with E-state index in [0.29, 0.717) is 6.61 Å². The third kappa shape index (κ3) is 7.17. The highest BCUT2D eigenvalue weighted by molar-refractivity contribution is 5.81. The first kappa shape index (κ1) is 19.0. The van der Waals surface area contributed by atoms with Crippen molar-refractivity contribution in [2.75, 3.05) is 6.61 Å². The van der Waals surface area contributed by atoms with Gasteiger partial charge in [-0.25, -0.2) is 9.59 Å². The van der Waals surface area contributed by atoms with Gasteiger partial charge in [0.15, 0.2) is 0 Å². The average Bonchev–Trinajstić information content (AvgIpc) is 2.55. The molecule has 1 amide bonds. The van der Waals surface area contributed by atoms with E-state index in [2.05, 4.69) is 5.32 Å². The number of alkyl carbamates (subject to hydrolysis) is 1. The van der Waals surface area contributed by atoms with Crippen LogP contribution in [0.5, 0.6) is 0 Å². The highest BCUT2D eigenvalue weighted by atomic mass is 16.6. The van der Waals surface area contributed by atoms with Gasteiger partial charge in [0.2, 0.25) is 0 Å². The fourth-order valence-electron chi connectivity index (χ4n) is 1.90. The van der Waals surface area contributed by atoms with Gasteiger partial charge in [0.1, 0.15) is 12.6 Å². The number of rotatable bonds is 8. The van der Waals surface area contributed by atoms with E-state index in [1.54, 1.807) is 0 Å². The van der Waals surface area contributed by atoms with Crippen molar-refractivity contribution in [1.82, 2.24) is 5.32 Å². The van der Waals surface area contributed by atoms with Gasteiger partial charge in [0.05, 0.1) is 6.61 Å². The zero-order valence-corrected chi connectivity index (χ0v) is 14.4. The van der Waals surface area contributed by atoms with E-state index < -0.39 is 18.1 Å². The lowest BCUT2D eigenvalue weighted by Gasteiger charge is -2.22. The summed E-state index contributed by atoms with van der Waals surface area (Å²) in [5.74, 6) is -0.190. The molecular weight excluding hydrogens is 294 g/mol. The Morgan fingerprint density at radius 3 is 2.30 bits per heavy atom. The maximum atomic E-state index is 12.2. The molecule has 2 atom stereocenters. The summed E-state index contributed by atoms with van der Waals surface area (Å²) in [6.07, 6.45) is 0.140. The Hall–Kier alpha value is -2.04. The number of carbonyl (C=O) groups excluding carboxylic acids is 2. The van der Waals surface area contributed by atoms with Gasteiger partial charge in [-0.05, 0) is 17.4 Å². The molecule has 0 aliphatic rings. The van der Waals surface area contributed by atoms with Crippen molar-refractivity contribution in [2.45, 2.75) is 46.8 Å². The van der Waals surface area contributed by atoms with Gasteiger partial charge < -0.3 is 14.8 Å². The molecule has 5 heteroatoms. The number of nitrogens with one attached hydrogen (secondary N) is 1. The van der Waals surface area contributed by atoms with Gasteiger partial charge in [-0.15, -0.1) is 0 Å². The molecule has 2 unspecified atom stereocenters. The van der Waals surface area contributed by atoms with Crippen molar-refractivity contribution in [3.05, 3.63) is 35.9 Å². The first-order chi connectivity index (χ1) is 10.9. The maximum absolute atomic E-state index is 12.2. The number of esters is 1. The molecule has 0 bridgehead atoms. The van der Waals surface area contributed by atoms with Crippen molar-refractivity contribution in [3.63, 3.8) is 0 Å². The fraction of sp³-hybridized carbons (Fsp3) is 0.556. The second kappa shape index (κ2) is 9.87. The van der Waals surface area contributed by atoms with Crippen LogP contribution in [0.25, 0.3) is 0 Å². The van der Waals surface area contributed by atoms with E-state index in [9.17, 15) is 9.59 Å². The molecule has 1 aromatic rings.